The molecular weight excluding hydrogens is 388 g/mol. The predicted octanol–water partition coefficient (Wildman–Crippen LogP) is 5.03. The van der Waals surface area contributed by atoms with Crippen LogP contribution in [0.1, 0.15) is 41.0 Å². The number of hydrogen-bond donors (Lipinski definition) is 1. The predicted molar refractivity (Wildman–Crippen MR) is 114 cm³/mol. The summed E-state index contributed by atoms with van der Waals surface area (Å²) >= 11 is 1.28. The van der Waals surface area contributed by atoms with Crippen LogP contribution in [0, 0.1) is 0 Å². The fourth-order valence-electron chi connectivity index (χ4n) is 2.69. The largest absolute Gasteiger partial charge is 0.494 e. The second-order valence-corrected chi connectivity index (χ2v) is 7.02. The number of carbonyl (C=O) groups is 2. The molecular formula is C22H22N2O4S. The molecule has 0 saturated carbocycles. The van der Waals surface area contributed by atoms with Gasteiger partial charge in [0.1, 0.15) is 16.3 Å². The lowest BCUT2D eigenvalue weighted by molar-refractivity contribution is 0.0529. The molecule has 2 heterocycles. The van der Waals surface area contributed by atoms with E-state index in [9.17, 15) is 9.59 Å². The third-order valence-electron chi connectivity index (χ3n) is 4.06. The Morgan fingerprint density at radius 2 is 1.93 bits per heavy atom. The van der Waals surface area contributed by atoms with E-state index in [0.717, 1.165) is 17.7 Å². The van der Waals surface area contributed by atoms with E-state index in [4.69, 9.17) is 9.47 Å². The topological polar surface area (TPSA) is 77.5 Å². The standard InChI is InChI=1S/C22H22N2O4S/c1-3-12-28-17-9-7-15(8-10-17)18-14-29-21(19(18)22(26)27-4-2)24-20(25)16-6-5-11-23-13-16/h5-11,13-14H,3-4,12H2,1-2H3,(H,24,25). The van der Waals surface area contributed by atoms with Gasteiger partial charge in [-0.2, -0.15) is 0 Å². The average molecular weight is 410 g/mol. The molecule has 150 valence electrons. The van der Waals surface area contributed by atoms with Crippen LogP contribution in [-0.2, 0) is 4.74 Å². The number of aromatic nitrogens is 1. The van der Waals surface area contributed by atoms with Crippen molar-refractivity contribution >= 4 is 28.2 Å². The van der Waals surface area contributed by atoms with Crippen LogP contribution >= 0.6 is 11.3 Å². The zero-order chi connectivity index (χ0) is 20.6. The highest BCUT2D eigenvalue weighted by molar-refractivity contribution is 7.15. The molecule has 1 N–H and O–H groups in total. The molecule has 0 aliphatic heterocycles. The normalized spacial score (nSPS) is 10.4. The van der Waals surface area contributed by atoms with Gasteiger partial charge in [0.05, 0.1) is 18.8 Å². The van der Waals surface area contributed by atoms with E-state index in [1.807, 2.05) is 36.6 Å². The first-order valence-electron chi connectivity index (χ1n) is 9.37. The van der Waals surface area contributed by atoms with Gasteiger partial charge in [-0.05, 0) is 43.2 Å². The quantitative estimate of drug-likeness (QED) is 0.527. The number of hydrogen-bond acceptors (Lipinski definition) is 6. The van der Waals surface area contributed by atoms with Gasteiger partial charge in [-0.15, -0.1) is 11.3 Å². The lowest BCUT2D eigenvalue weighted by Crippen LogP contribution is -2.15. The first kappa shape index (κ1) is 20.5. The minimum Gasteiger partial charge on any atom is -0.494 e. The van der Waals surface area contributed by atoms with E-state index in [1.165, 1.54) is 17.5 Å². The SMILES string of the molecule is CCCOc1ccc(-c2csc(NC(=O)c3cccnc3)c2C(=O)OCC)cc1. The summed E-state index contributed by atoms with van der Waals surface area (Å²) < 4.78 is 10.8. The van der Waals surface area contributed by atoms with Crippen LogP contribution in [-0.4, -0.2) is 30.1 Å². The molecule has 0 aliphatic rings. The molecule has 0 fully saturated rings. The fourth-order valence-corrected chi connectivity index (χ4v) is 3.64. The van der Waals surface area contributed by atoms with Gasteiger partial charge in [-0.25, -0.2) is 4.79 Å². The van der Waals surface area contributed by atoms with Gasteiger partial charge in [0.15, 0.2) is 0 Å². The third kappa shape index (κ3) is 5.00. The molecule has 1 aromatic carbocycles. The number of carbonyl (C=O) groups excluding carboxylic acids is 2. The molecule has 0 spiro atoms. The molecule has 0 radical (unpaired) electrons. The van der Waals surface area contributed by atoms with E-state index < -0.39 is 5.97 Å². The molecule has 7 heteroatoms. The lowest BCUT2D eigenvalue weighted by atomic mass is 10.0. The van der Waals surface area contributed by atoms with E-state index in [2.05, 4.69) is 10.3 Å². The Balaban J connectivity index is 1.91. The van der Waals surface area contributed by atoms with Gasteiger partial charge < -0.3 is 14.8 Å². The molecule has 0 aliphatic carbocycles. The summed E-state index contributed by atoms with van der Waals surface area (Å²) in [5, 5.41) is 5.09. The van der Waals surface area contributed by atoms with Crippen LogP contribution in [0.3, 0.4) is 0 Å². The molecule has 29 heavy (non-hydrogen) atoms. The number of pyridine rings is 1. The summed E-state index contributed by atoms with van der Waals surface area (Å²) in [5.41, 5.74) is 2.30. The average Bonchev–Trinajstić information content (AvgIpc) is 3.17. The summed E-state index contributed by atoms with van der Waals surface area (Å²) in [5.74, 6) is -0.0365. The van der Waals surface area contributed by atoms with Crippen molar-refractivity contribution in [2.75, 3.05) is 18.5 Å². The molecule has 1 amide bonds. The monoisotopic (exact) mass is 410 g/mol. The smallest absolute Gasteiger partial charge is 0.341 e. The Hall–Kier alpha value is -3.19. The minimum absolute atomic E-state index is 0.244. The first-order chi connectivity index (χ1) is 14.1. The number of nitrogens with zero attached hydrogens (tertiary/aromatic N) is 1. The number of anilines is 1. The van der Waals surface area contributed by atoms with E-state index in [-0.39, 0.29) is 12.5 Å². The van der Waals surface area contributed by atoms with Gasteiger partial charge >= 0.3 is 5.97 Å². The summed E-state index contributed by atoms with van der Waals surface area (Å²) in [7, 11) is 0. The van der Waals surface area contributed by atoms with Gasteiger partial charge in [0.2, 0.25) is 0 Å². The second kappa shape index (κ2) is 9.84. The zero-order valence-corrected chi connectivity index (χ0v) is 17.1. The van der Waals surface area contributed by atoms with Gasteiger partial charge in [0.25, 0.3) is 5.91 Å². The lowest BCUT2D eigenvalue weighted by Gasteiger charge is -2.09. The molecule has 3 aromatic rings. The number of esters is 1. The van der Waals surface area contributed by atoms with Crippen molar-refractivity contribution in [1.29, 1.82) is 0 Å². The van der Waals surface area contributed by atoms with Crippen molar-refractivity contribution in [2.45, 2.75) is 20.3 Å². The fraction of sp³-hybridized carbons (Fsp3) is 0.227. The van der Waals surface area contributed by atoms with Crippen LogP contribution < -0.4 is 10.1 Å². The van der Waals surface area contributed by atoms with Crippen molar-refractivity contribution in [3.63, 3.8) is 0 Å². The summed E-state index contributed by atoms with van der Waals surface area (Å²) in [6, 6.07) is 10.9. The number of rotatable bonds is 8. The highest BCUT2D eigenvalue weighted by Gasteiger charge is 2.23. The van der Waals surface area contributed by atoms with Crippen LogP contribution in [0.15, 0.2) is 54.2 Å². The van der Waals surface area contributed by atoms with Gasteiger partial charge in [-0.3, -0.25) is 9.78 Å². The van der Waals surface area contributed by atoms with E-state index in [1.54, 1.807) is 25.3 Å². The van der Waals surface area contributed by atoms with Crippen molar-refractivity contribution < 1.29 is 19.1 Å². The highest BCUT2D eigenvalue weighted by atomic mass is 32.1. The minimum atomic E-state index is -0.475. The van der Waals surface area contributed by atoms with Crippen molar-refractivity contribution in [3.05, 3.63) is 65.3 Å². The number of ether oxygens (including phenoxy) is 2. The Bertz CT molecular complexity index is 968. The Morgan fingerprint density at radius 1 is 1.14 bits per heavy atom. The van der Waals surface area contributed by atoms with Crippen LogP contribution in [0.25, 0.3) is 11.1 Å². The summed E-state index contributed by atoms with van der Waals surface area (Å²) in [6.07, 6.45) is 4.00. The number of nitrogens with one attached hydrogen (secondary N) is 1. The molecule has 0 saturated heterocycles. The van der Waals surface area contributed by atoms with Crippen LogP contribution in [0.5, 0.6) is 5.75 Å². The second-order valence-electron chi connectivity index (χ2n) is 6.14. The molecule has 2 aromatic heterocycles. The van der Waals surface area contributed by atoms with Crippen LogP contribution in [0.4, 0.5) is 5.00 Å². The molecule has 0 atom stereocenters. The van der Waals surface area contributed by atoms with E-state index >= 15 is 0 Å². The highest BCUT2D eigenvalue weighted by Crippen LogP contribution is 2.37. The maximum absolute atomic E-state index is 12.6. The molecule has 6 nitrogen and oxygen atoms in total. The number of amides is 1. The van der Waals surface area contributed by atoms with Crippen molar-refractivity contribution in [2.24, 2.45) is 0 Å². The zero-order valence-electron chi connectivity index (χ0n) is 16.3. The Kier molecular flexibility index (Phi) is 6.97. The van der Waals surface area contributed by atoms with Crippen LogP contribution in [0.2, 0.25) is 0 Å². The Labute approximate surface area is 173 Å². The van der Waals surface area contributed by atoms with E-state index in [0.29, 0.717) is 28.3 Å². The first-order valence-corrected chi connectivity index (χ1v) is 10.2. The number of thiophene rings is 1. The van der Waals surface area contributed by atoms with Crippen molar-refractivity contribution in [1.82, 2.24) is 4.98 Å². The van der Waals surface area contributed by atoms with Gasteiger partial charge in [-0.1, -0.05) is 19.1 Å². The summed E-state index contributed by atoms with van der Waals surface area (Å²) in [6.45, 7) is 4.69. The Morgan fingerprint density at radius 3 is 2.59 bits per heavy atom. The molecule has 0 bridgehead atoms. The molecule has 3 rings (SSSR count). The maximum atomic E-state index is 12.6. The third-order valence-corrected chi connectivity index (χ3v) is 4.95. The van der Waals surface area contributed by atoms with Gasteiger partial charge in [0, 0.05) is 23.3 Å². The maximum Gasteiger partial charge on any atom is 0.341 e. The number of benzene rings is 1. The summed E-state index contributed by atoms with van der Waals surface area (Å²) in [4.78, 5) is 29.1. The molecule has 0 unspecified atom stereocenters. The van der Waals surface area contributed by atoms with Crippen molar-refractivity contribution in [3.8, 4) is 16.9 Å².